The van der Waals surface area contributed by atoms with Gasteiger partial charge in [0.15, 0.2) is 9.84 Å². The molecule has 6 heteroatoms. The number of hydrogen-bond donors (Lipinski definition) is 0. The molecule has 31 heavy (non-hydrogen) atoms. The van der Waals surface area contributed by atoms with Crippen LogP contribution in [0, 0.1) is 0 Å². The lowest BCUT2D eigenvalue weighted by Gasteiger charge is -2.30. The normalized spacial score (nSPS) is 26.2. The summed E-state index contributed by atoms with van der Waals surface area (Å²) in [5.41, 5.74) is 1.73. The SMILES string of the molecule is CC1CC(=O)N2C(c3ccccc3)C(S(=O)(=O)c3ccccc3)C(c3ccccc3)N12. The van der Waals surface area contributed by atoms with Crippen molar-refractivity contribution in [3.63, 3.8) is 0 Å². The summed E-state index contributed by atoms with van der Waals surface area (Å²) in [5, 5.41) is 2.88. The van der Waals surface area contributed by atoms with E-state index in [9.17, 15) is 13.2 Å². The van der Waals surface area contributed by atoms with Crippen LogP contribution in [0.25, 0.3) is 0 Å². The van der Waals surface area contributed by atoms with Gasteiger partial charge in [-0.3, -0.25) is 9.80 Å². The fraction of sp³-hybridized carbons (Fsp3) is 0.240. The molecule has 5 nitrogen and oxygen atoms in total. The van der Waals surface area contributed by atoms with E-state index in [0.717, 1.165) is 11.1 Å². The van der Waals surface area contributed by atoms with E-state index in [0.29, 0.717) is 6.42 Å². The predicted octanol–water partition coefficient (Wildman–Crippen LogP) is 4.16. The zero-order valence-electron chi connectivity index (χ0n) is 17.2. The lowest BCUT2D eigenvalue weighted by Crippen LogP contribution is -2.38. The van der Waals surface area contributed by atoms with E-state index >= 15 is 0 Å². The number of nitrogens with zero attached hydrogens (tertiary/aromatic N) is 2. The number of rotatable bonds is 4. The van der Waals surface area contributed by atoms with Gasteiger partial charge in [-0.1, -0.05) is 78.9 Å². The Hall–Kier alpha value is -2.96. The molecule has 0 spiro atoms. The van der Waals surface area contributed by atoms with Gasteiger partial charge < -0.3 is 0 Å². The molecule has 0 aliphatic carbocycles. The minimum atomic E-state index is -3.76. The van der Waals surface area contributed by atoms with Gasteiger partial charge in [-0.15, -0.1) is 0 Å². The van der Waals surface area contributed by atoms with Crippen molar-refractivity contribution in [2.45, 2.75) is 41.6 Å². The molecule has 0 N–H and O–H groups in total. The van der Waals surface area contributed by atoms with Crippen LogP contribution in [0.2, 0.25) is 0 Å². The fourth-order valence-electron chi connectivity index (χ4n) is 5.03. The molecule has 2 saturated heterocycles. The van der Waals surface area contributed by atoms with E-state index in [-0.39, 0.29) is 16.8 Å². The summed E-state index contributed by atoms with van der Waals surface area (Å²) in [4.78, 5) is 13.4. The van der Waals surface area contributed by atoms with Gasteiger partial charge in [-0.05, 0) is 30.2 Å². The van der Waals surface area contributed by atoms with E-state index in [4.69, 9.17) is 0 Å². The van der Waals surface area contributed by atoms with Crippen molar-refractivity contribution in [1.29, 1.82) is 0 Å². The summed E-state index contributed by atoms with van der Waals surface area (Å²) in [5.74, 6) is -0.0342. The number of carbonyl (C=O) groups excluding carboxylic acids is 1. The third-order valence-corrected chi connectivity index (χ3v) is 8.47. The van der Waals surface area contributed by atoms with E-state index in [2.05, 4.69) is 0 Å². The van der Waals surface area contributed by atoms with Gasteiger partial charge in [-0.2, -0.15) is 0 Å². The topological polar surface area (TPSA) is 57.7 Å². The molecule has 3 aromatic rings. The summed E-state index contributed by atoms with van der Waals surface area (Å²) in [7, 11) is -3.76. The Bertz CT molecular complexity index is 1180. The highest BCUT2D eigenvalue weighted by Crippen LogP contribution is 2.52. The second kappa shape index (κ2) is 7.62. The van der Waals surface area contributed by atoms with Gasteiger partial charge in [0.2, 0.25) is 5.91 Å². The highest BCUT2D eigenvalue weighted by atomic mass is 32.2. The smallest absolute Gasteiger partial charge is 0.239 e. The predicted molar refractivity (Wildman–Crippen MR) is 119 cm³/mol. The van der Waals surface area contributed by atoms with E-state index < -0.39 is 27.2 Å². The molecule has 4 atom stereocenters. The molecule has 5 rings (SSSR count). The van der Waals surface area contributed by atoms with Gasteiger partial charge in [0.1, 0.15) is 5.25 Å². The van der Waals surface area contributed by atoms with Crippen molar-refractivity contribution in [3.05, 3.63) is 102 Å². The van der Waals surface area contributed by atoms with Gasteiger partial charge >= 0.3 is 0 Å². The Morgan fingerprint density at radius 1 is 0.742 bits per heavy atom. The highest BCUT2D eigenvalue weighted by Gasteiger charge is 2.60. The Kier molecular flexibility index (Phi) is 4.91. The Balaban J connectivity index is 1.77. The quantitative estimate of drug-likeness (QED) is 0.621. The molecule has 0 radical (unpaired) electrons. The summed E-state index contributed by atoms with van der Waals surface area (Å²) in [6, 6.07) is 26.6. The fourth-order valence-corrected chi connectivity index (χ4v) is 7.11. The van der Waals surface area contributed by atoms with Crippen LogP contribution < -0.4 is 0 Å². The Labute approximate surface area is 182 Å². The van der Waals surface area contributed by atoms with Gasteiger partial charge in [0.05, 0.1) is 17.0 Å². The minimum Gasteiger partial charge on any atom is -0.273 e. The van der Waals surface area contributed by atoms with E-state index in [1.54, 1.807) is 29.3 Å². The van der Waals surface area contributed by atoms with Crippen molar-refractivity contribution < 1.29 is 13.2 Å². The lowest BCUT2D eigenvalue weighted by atomic mass is 9.95. The number of hydrazine groups is 1. The Morgan fingerprint density at radius 3 is 1.77 bits per heavy atom. The molecular weight excluding hydrogens is 408 g/mol. The summed E-state index contributed by atoms with van der Waals surface area (Å²) in [6.07, 6.45) is 0.380. The van der Waals surface area contributed by atoms with Crippen molar-refractivity contribution in [1.82, 2.24) is 10.0 Å². The van der Waals surface area contributed by atoms with E-state index in [1.807, 2.05) is 78.7 Å². The maximum atomic E-state index is 14.1. The third kappa shape index (κ3) is 3.18. The number of benzene rings is 3. The van der Waals surface area contributed by atoms with Crippen molar-refractivity contribution in [2.24, 2.45) is 0 Å². The average Bonchev–Trinajstić information content (AvgIpc) is 3.31. The molecule has 2 heterocycles. The molecule has 0 aromatic heterocycles. The van der Waals surface area contributed by atoms with Crippen LogP contribution in [0.1, 0.15) is 36.6 Å². The first-order chi connectivity index (χ1) is 15.0. The van der Waals surface area contributed by atoms with Crippen molar-refractivity contribution in [3.8, 4) is 0 Å². The Morgan fingerprint density at radius 2 is 1.23 bits per heavy atom. The summed E-state index contributed by atoms with van der Waals surface area (Å²) in [6.45, 7) is 1.99. The van der Waals surface area contributed by atoms with E-state index in [1.165, 1.54) is 0 Å². The molecule has 2 aliphatic rings. The maximum Gasteiger partial charge on any atom is 0.239 e. The molecule has 3 aromatic carbocycles. The third-order valence-electron chi connectivity index (χ3n) is 6.31. The largest absolute Gasteiger partial charge is 0.273 e. The molecule has 2 aliphatic heterocycles. The number of hydrogen-bond acceptors (Lipinski definition) is 4. The van der Waals surface area contributed by atoms with Crippen LogP contribution in [0.5, 0.6) is 0 Å². The number of fused-ring (bicyclic) bond motifs is 1. The number of sulfone groups is 1. The zero-order chi connectivity index (χ0) is 21.6. The van der Waals surface area contributed by atoms with Gasteiger partial charge in [0.25, 0.3) is 0 Å². The maximum absolute atomic E-state index is 14.1. The van der Waals surface area contributed by atoms with Crippen LogP contribution in [0.4, 0.5) is 0 Å². The molecule has 4 unspecified atom stereocenters. The summed E-state index contributed by atoms with van der Waals surface area (Å²) < 4.78 is 28.2. The van der Waals surface area contributed by atoms with Crippen molar-refractivity contribution in [2.75, 3.05) is 0 Å². The van der Waals surface area contributed by atoms with Crippen LogP contribution in [-0.2, 0) is 14.6 Å². The lowest BCUT2D eigenvalue weighted by molar-refractivity contribution is -0.139. The number of carbonyl (C=O) groups is 1. The average molecular weight is 433 g/mol. The highest BCUT2D eigenvalue weighted by molar-refractivity contribution is 7.92. The molecular formula is C25H24N2O3S. The standard InChI is InChI=1S/C25H24N2O3S/c1-18-17-22(28)27-24(20-13-7-3-8-14-20)25(31(29,30)21-15-9-4-10-16-21)23(26(18)27)19-11-5-2-6-12-19/h2-16,18,23-25H,17H2,1H3. The van der Waals surface area contributed by atoms with Crippen LogP contribution in [0.3, 0.4) is 0 Å². The molecule has 0 bridgehead atoms. The van der Waals surface area contributed by atoms with Crippen LogP contribution in [0.15, 0.2) is 95.9 Å². The first-order valence-electron chi connectivity index (χ1n) is 10.5. The number of amides is 1. The first-order valence-corrected chi connectivity index (χ1v) is 12.0. The van der Waals surface area contributed by atoms with Gasteiger partial charge in [0, 0.05) is 12.5 Å². The van der Waals surface area contributed by atoms with Gasteiger partial charge in [-0.25, -0.2) is 13.4 Å². The van der Waals surface area contributed by atoms with Crippen LogP contribution in [-0.4, -0.2) is 35.6 Å². The second-order valence-corrected chi connectivity index (χ2v) is 10.3. The van der Waals surface area contributed by atoms with Crippen molar-refractivity contribution >= 4 is 15.7 Å². The second-order valence-electron chi connectivity index (χ2n) is 8.21. The first kappa shape index (κ1) is 20.0. The molecule has 158 valence electrons. The molecule has 0 saturated carbocycles. The molecule has 2 fully saturated rings. The summed E-state index contributed by atoms with van der Waals surface area (Å²) >= 11 is 0. The molecule has 1 amide bonds. The minimum absolute atomic E-state index is 0.0342. The monoisotopic (exact) mass is 432 g/mol. The zero-order valence-corrected chi connectivity index (χ0v) is 18.0. The van der Waals surface area contributed by atoms with Crippen LogP contribution >= 0.6 is 0 Å².